The average molecular weight is 246 g/mol. The van der Waals surface area contributed by atoms with Crippen molar-refractivity contribution in [3.8, 4) is 5.75 Å². The summed E-state index contributed by atoms with van der Waals surface area (Å²) in [4.78, 5) is 3.84. The van der Waals surface area contributed by atoms with E-state index in [0.717, 1.165) is 0 Å². The largest absolute Gasteiger partial charge is 0.491 e. The summed E-state index contributed by atoms with van der Waals surface area (Å²) >= 11 is 5.65. The van der Waals surface area contributed by atoms with E-state index in [4.69, 9.17) is 22.1 Å². The average Bonchev–Trinajstić information content (AvgIpc) is 2.01. The SMILES string of the molecule is Cl.Cl.NCCOc1cncc(Cl)c1. The van der Waals surface area contributed by atoms with E-state index in [1.165, 1.54) is 0 Å². The summed E-state index contributed by atoms with van der Waals surface area (Å²) < 4.78 is 5.16. The predicted octanol–water partition coefficient (Wildman–Crippen LogP) is 1.92. The van der Waals surface area contributed by atoms with Gasteiger partial charge in [0.2, 0.25) is 0 Å². The third-order valence-corrected chi connectivity index (χ3v) is 1.27. The van der Waals surface area contributed by atoms with Gasteiger partial charge in [0.05, 0.1) is 11.2 Å². The van der Waals surface area contributed by atoms with Gasteiger partial charge in [-0.15, -0.1) is 24.8 Å². The first-order valence-electron chi connectivity index (χ1n) is 3.26. The Morgan fingerprint density at radius 2 is 2.08 bits per heavy atom. The van der Waals surface area contributed by atoms with Gasteiger partial charge in [-0.1, -0.05) is 11.6 Å². The van der Waals surface area contributed by atoms with Crippen LogP contribution in [0.5, 0.6) is 5.75 Å². The highest BCUT2D eigenvalue weighted by molar-refractivity contribution is 6.30. The summed E-state index contributed by atoms with van der Waals surface area (Å²) in [5.74, 6) is 0.656. The Morgan fingerprint density at radius 3 is 2.62 bits per heavy atom. The molecule has 1 aromatic rings. The van der Waals surface area contributed by atoms with Gasteiger partial charge in [-0.3, -0.25) is 4.98 Å². The minimum atomic E-state index is 0. The molecule has 0 atom stereocenters. The summed E-state index contributed by atoms with van der Waals surface area (Å²) in [6, 6.07) is 1.70. The number of nitrogens with two attached hydrogens (primary N) is 1. The molecule has 0 aliphatic carbocycles. The van der Waals surface area contributed by atoms with Gasteiger partial charge < -0.3 is 10.5 Å². The molecule has 1 aromatic heterocycles. The number of nitrogens with zero attached hydrogens (tertiary/aromatic N) is 1. The van der Waals surface area contributed by atoms with Crippen LogP contribution in [0.2, 0.25) is 5.02 Å². The number of aromatic nitrogens is 1. The molecule has 0 aliphatic rings. The highest BCUT2D eigenvalue weighted by Gasteiger charge is 1.93. The Labute approximate surface area is 94.4 Å². The van der Waals surface area contributed by atoms with Crippen molar-refractivity contribution in [2.24, 2.45) is 5.73 Å². The van der Waals surface area contributed by atoms with E-state index in [1.54, 1.807) is 18.5 Å². The van der Waals surface area contributed by atoms with Crippen molar-refractivity contribution < 1.29 is 4.74 Å². The van der Waals surface area contributed by atoms with Crippen LogP contribution in [0.1, 0.15) is 0 Å². The fraction of sp³-hybridized carbons (Fsp3) is 0.286. The lowest BCUT2D eigenvalue weighted by Gasteiger charge is -2.02. The van der Waals surface area contributed by atoms with Gasteiger partial charge in [0.25, 0.3) is 0 Å². The second-order valence-corrected chi connectivity index (χ2v) is 2.41. The summed E-state index contributed by atoms with van der Waals surface area (Å²) in [6.07, 6.45) is 3.15. The first-order chi connectivity index (χ1) is 5.33. The van der Waals surface area contributed by atoms with Gasteiger partial charge in [0.1, 0.15) is 12.4 Å². The molecule has 3 nitrogen and oxygen atoms in total. The molecule has 1 rings (SSSR count). The quantitative estimate of drug-likeness (QED) is 0.885. The van der Waals surface area contributed by atoms with Gasteiger partial charge in [0.15, 0.2) is 0 Å². The van der Waals surface area contributed by atoms with Crippen molar-refractivity contribution in [2.75, 3.05) is 13.2 Å². The normalized spacial score (nSPS) is 8.15. The number of halogens is 3. The van der Waals surface area contributed by atoms with E-state index in [2.05, 4.69) is 4.98 Å². The van der Waals surface area contributed by atoms with Crippen molar-refractivity contribution in [1.82, 2.24) is 4.98 Å². The Balaban J connectivity index is 0. The second kappa shape index (κ2) is 8.38. The zero-order valence-electron chi connectivity index (χ0n) is 6.77. The van der Waals surface area contributed by atoms with E-state index in [-0.39, 0.29) is 24.8 Å². The first kappa shape index (κ1) is 15.3. The van der Waals surface area contributed by atoms with Gasteiger partial charge in [-0.05, 0) is 0 Å². The maximum Gasteiger partial charge on any atom is 0.139 e. The standard InChI is InChI=1S/C7H9ClN2O.2ClH/c8-6-3-7(5-10-4-6)11-2-1-9;;/h3-5H,1-2,9H2;2*1H. The maximum absolute atomic E-state index is 5.65. The molecule has 0 saturated heterocycles. The van der Waals surface area contributed by atoms with Crippen LogP contribution in [-0.2, 0) is 0 Å². The smallest absolute Gasteiger partial charge is 0.139 e. The zero-order chi connectivity index (χ0) is 8.10. The van der Waals surface area contributed by atoms with Crippen molar-refractivity contribution in [2.45, 2.75) is 0 Å². The molecule has 13 heavy (non-hydrogen) atoms. The van der Waals surface area contributed by atoms with Crippen LogP contribution in [0.3, 0.4) is 0 Å². The zero-order valence-corrected chi connectivity index (χ0v) is 9.16. The summed E-state index contributed by atoms with van der Waals surface area (Å²) in [7, 11) is 0. The molecule has 0 saturated carbocycles. The molecule has 0 fully saturated rings. The third-order valence-electron chi connectivity index (χ3n) is 1.07. The Hall–Kier alpha value is -0.220. The van der Waals surface area contributed by atoms with E-state index in [0.29, 0.717) is 23.9 Å². The van der Waals surface area contributed by atoms with Gasteiger partial charge >= 0.3 is 0 Å². The Morgan fingerprint density at radius 1 is 1.38 bits per heavy atom. The fourth-order valence-electron chi connectivity index (χ4n) is 0.648. The highest BCUT2D eigenvalue weighted by Crippen LogP contribution is 2.14. The molecular weight excluding hydrogens is 234 g/mol. The van der Waals surface area contributed by atoms with Crippen LogP contribution in [0, 0.1) is 0 Å². The lowest BCUT2D eigenvalue weighted by Crippen LogP contribution is -2.10. The number of hydrogen-bond acceptors (Lipinski definition) is 3. The molecule has 0 aromatic carbocycles. The minimum Gasteiger partial charge on any atom is -0.491 e. The molecule has 6 heteroatoms. The van der Waals surface area contributed by atoms with Crippen LogP contribution in [0.25, 0.3) is 0 Å². The molecule has 2 N–H and O–H groups in total. The van der Waals surface area contributed by atoms with Crippen LogP contribution < -0.4 is 10.5 Å². The van der Waals surface area contributed by atoms with Crippen molar-refractivity contribution in [1.29, 1.82) is 0 Å². The topological polar surface area (TPSA) is 48.1 Å². The molecule has 0 radical (unpaired) electrons. The van der Waals surface area contributed by atoms with E-state index in [9.17, 15) is 0 Å². The van der Waals surface area contributed by atoms with Crippen molar-refractivity contribution in [3.05, 3.63) is 23.5 Å². The monoisotopic (exact) mass is 244 g/mol. The maximum atomic E-state index is 5.65. The van der Waals surface area contributed by atoms with Gasteiger partial charge in [0, 0.05) is 18.8 Å². The third kappa shape index (κ3) is 5.93. The second-order valence-electron chi connectivity index (χ2n) is 1.98. The van der Waals surface area contributed by atoms with E-state index in [1.807, 2.05) is 0 Å². The van der Waals surface area contributed by atoms with Crippen LogP contribution in [-0.4, -0.2) is 18.1 Å². The van der Waals surface area contributed by atoms with E-state index >= 15 is 0 Å². The van der Waals surface area contributed by atoms with Crippen molar-refractivity contribution in [3.63, 3.8) is 0 Å². The highest BCUT2D eigenvalue weighted by atomic mass is 35.5. The number of pyridine rings is 1. The molecule has 76 valence electrons. The first-order valence-corrected chi connectivity index (χ1v) is 3.64. The van der Waals surface area contributed by atoms with Crippen LogP contribution in [0.4, 0.5) is 0 Å². The van der Waals surface area contributed by atoms with E-state index < -0.39 is 0 Å². The Kier molecular flexibility index (Phi) is 9.84. The lowest BCUT2D eigenvalue weighted by molar-refractivity contribution is 0.327. The molecule has 0 bridgehead atoms. The molecule has 0 aliphatic heterocycles. The summed E-state index contributed by atoms with van der Waals surface area (Å²) in [5.41, 5.74) is 5.24. The van der Waals surface area contributed by atoms with Gasteiger partial charge in [-0.2, -0.15) is 0 Å². The lowest BCUT2D eigenvalue weighted by atomic mass is 10.5. The summed E-state index contributed by atoms with van der Waals surface area (Å²) in [5, 5.41) is 0.569. The molecule has 0 unspecified atom stereocenters. The predicted molar refractivity (Wildman–Crippen MR) is 58.3 cm³/mol. The Bertz CT molecular complexity index is 235. The summed E-state index contributed by atoms with van der Waals surface area (Å²) in [6.45, 7) is 0.981. The minimum absolute atomic E-state index is 0. The molecule has 0 amide bonds. The number of hydrogen-bond donors (Lipinski definition) is 1. The van der Waals surface area contributed by atoms with Crippen LogP contribution in [0.15, 0.2) is 18.5 Å². The van der Waals surface area contributed by atoms with Crippen molar-refractivity contribution >= 4 is 36.4 Å². The molecule has 0 spiro atoms. The fourth-order valence-corrected chi connectivity index (χ4v) is 0.812. The molecule has 1 heterocycles. The molecular formula is C7H11Cl3N2O. The van der Waals surface area contributed by atoms with Crippen LogP contribution >= 0.6 is 36.4 Å². The number of ether oxygens (including phenoxy) is 1. The van der Waals surface area contributed by atoms with Gasteiger partial charge in [-0.25, -0.2) is 0 Å². The number of rotatable bonds is 3.